The van der Waals surface area contributed by atoms with Crippen molar-refractivity contribution < 1.29 is 4.79 Å². The fourth-order valence-corrected chi connectivity index (χ4v) is 3.13. The Hall–Kier alpha value is -2.03. The molecule has 24 heavy (non-hydrogen) atoms. The van der Waals surface area contributed by atoms with Crippen molar-refractivity contribution in [1.29, 1.82) is 0 Å². The molecule has 0 unspecified atom stereocenters. The average Bonchev–Trinajstić information content (AvgIpc) is 2.56. The van der Waals surface area contributed by atoms with Crippen molar-refractivity contribution in [2.75, 3.05) is 31.1 Å². The summed E-state index contributed by atoms with van der Waals surface area (Å²) in [7, 11) is 0. The van der Waals surface area contributed by atoms with Crippen molar-refractivity contribution in [3.05, 3.63) is 52.6 Å². The number of allylic oxidation sites excluding steroid dienone is 2. The Bertz CT molecular complexity index is 646. The molecule has 1 heterocycles. The van der Waals surface area contributed by atoms with E-state index < -0.39 is 0 Å². The predicted molar refractivity (Wildman–Crippen MR) is 103 cm³/mol. The largest absolute Gasteiger partial charge is 0.368 e. The van der Waals surface area contributed by atoms with E-state index in [4.69, 9.17) is 0 Å². The maximum Gasteiger partial charge on any atom is 0.253 e. The smallest absolute Gasteiger partial charge is 0.253 e. The maximum absolute atomic E-state index is 12.8. The number of benzene rings is 1. The predicted octanol–water partition coefficient (Wildman–Crippen LogP) is 4.25. The van der Waals surface area contributed by atoms with Gasteiger partial charge in [0.05, 0.1) is 0 Å². The number of anilines is 1. The van der Waals surface area contributed by atoms with E-state index in [2.05, 4.69) is 43.9 Å². The van der Waals surface area contributed by atoms with E-state index >= 15 is 0 Å². The molecule has 1 fully saturated rings. The minimum Gasteiger partial charge on any atom is -0.368 e. The summed E-state index contributed by atoms with van der Waals surface area (Å²) in [6.07, 6.45) is 4.92. The number of carbonyl (C=O) groups excluding carboxylic acids is 1. The van der Waals surface area contributed by atoms with Gasteiger partial charge in [-0.1, -0.05) is 36.8 Å². The van der Waals surface area contributed by atoms with E-state index in [1.54, 1.807) is 0 Å². The van der Waals surface area contributed by atoms with Crippen molar-refractivity contribution in [1.82, 2.24) is 4.90 Å². The van der Waals surface area contributed by atoms with E-state index in [0.29, 0.717) is 0 Å². The third kappa shape index (κ3) is 4.50. The van der Waals surface area contributed by atoms with Crippen LogP contribution in [0, 0.1) is 13.8 Å². The Labute approximate surface area is 146 Å². The second-order valence-electron chi connectivity index (χ2n) is 6.86. The molecule has 1 amide bonds. The summed E-state index contributed by atoms with van der Waals surface area (Å²) in [4.78, 5) is 17.2. The summed E-state index contributed by atoms with van der Waals surface area (Å²) in [6.45, 7) is 13.8. The molecular weight excluding hydrogens is 296 g/mol. The molecule has 0 radical (unpaired) electrons. The number of rotatable bonds is 4. The van der Waals surface area contributed by atoms with Crippen LogP contribution in [0.4, 0.5) is 5.69 Å². The van der Waals surface area contributed by atoms with Gasteiger partial charge in [-0.05, 0) is 51.3 Å². The standard InChI is InChI=1S/C21H30N2O/c1-6-7-19(14-16(2)3)21(24)23-12-10-22(11-13-23)20-15-17(4)8-9-18(20)5/h7-9,14-15H,6,10-13H2,1-5H3/b19-7+. The fourth-order valence-electron chi connectivity index (χ4n) is 3.13. The van der Waals surface area contributed by atoms with Gasteiger partial charge in [-0.2, -0.15) is 0 Å². The number of carbonyl (C=O) groups is 1. The molecule has 1 aliphatic heterocycles. The first-order valence-electron chi connectivity index (χ1n) is 8.89. The molecule has 0 aliphatic carbocycles. The van der Waals surface area contributed by atoms with E-state index in [-0.39, 0.29) is 5.91 Å². The van der Waals surface area contributed by atoms with Gasteiger partial charge in [0.2, 0.25) is 0 Å². The highest BCUT2D eigenvalue weighted by molar-refractivity contribution is 5.96. The van der Waals surface area contributed by atoms with Crippen LogP contribution < -0.4 is 4.90 Å². The number of piperazine rings is 1. The highest BCUT2D eigenvalue weighted by Gasteiger charge is 2.23. The summed E-state index contributed by atoms with van der Waals surface area (Å²) >= 11 is 0. The summed E-state index contributed by atoms with van der Waals surface area (Å²) in [5.74, 6) is 0.165. The van der Waals surface area contributed by atoms with Crippen LogP contribution in [-0.2, 0) is 4.79 Å². The van der Waals surface area contributed by atoms with Crippen molar-refractivity contribution in [3.63, 3.8) is 0 Å². The molecule has 0 bridgehead atoms. The van der Waals surface area contributed by atoms with Gasteiger partial charge < -0.3 is 9.80 Å². The molecule has 1 aromatic rings. The van der Waals surface area contributed by atoms with Gasteiger partial charge in [0.15, 0.2) is 0 Å². The van der Waals surface area contributed by atoms with Gasteiger partial charge in [-0.15, -0.1) is 0 Å². The lowest BCUT2D eigenvalue weighted by molar-refractivity contribution is -0.127. The van der Waals surface area contributed by atoms with Gasteiger partial charge in [0.25, 0.3) is 5.91 Å². The van der Waals surface area contributed by atoms with E-state index in [1.165, 1.54) is 16.8 Å². The summed E-state index contributed by atoms with van der Waals surface area (Å²) in [5.41, 5.74) is 5.88. The highest BCUT2D eigenvalue weighted by atomic mass is 16.2. The minimum absolute atomic E-state index is 0.165. The van der Waals surface area contributed by atoms with Crippen LogP contribution in [0.5, 0.6) is 0 Å². The van der Waals surface area contributed by atoms with E-state index in [9.17, 15) is 4.79 Å². The zero-order chi connectivity index (χ0) is 17.7. The summed E-state index contributed by atoms with van der Waals surface area (Å²) < 4.78 is 0. The molecule has 0 spiro atoms. The first-order valence-corrected chi connectivity index (χ1v) is 8.89. The fraction of sp³-hybridized carbons (Fsp3) is 0.476. The number of amides is 1. The molecule has 3 nitrogen and oxygen atoms in total. The van der Waals surface area contributed by atoms with Crippen LogP contribution in [0.25, 0.3) is 0 Å². The molecular formula is C21H30N2O. The lowest BCUT2D eigenvalue weighted by Gasteiger charge is -2.37. The molecule has 1 aliphatic rings. The Morgan fingerprint density at radius 3 is 2.38 bits per heavy atom. The van der Waals surface area contributed by atoms with Crippen LogP contribution in [-0.4, -0.2) is 37.0 Å². The van der Waals surface area contributed by atoms with Crippen LogP contribution in [0.2, 0.25) is 0 Å². The lowest BCUT2D eigenvalue weighted by Crippen LogP contribution is -2.49. The van der Waals surface area contributed by atoms with Gasteiger partial charge >= 0.3 is 0 Å². The topological polar surface area (TPSA) is 23.6 Å². The summed E-state index contributed by atoms with van der Waals surface area (Å²) in [5, 5.41) is 0. The molecule has 1 aromatic carbocycles. The maximum atomic E-state index is 12.8. The Balaban J connectivity index is 2.06. The van der Waals surface area contributed by atoms with Crippen molar-refractivity contribution >= 4 is 11.6 Å². The third-order valence-corrected chi connectivity index (χ3v) is 4.39. The Morgan fingerprint density at radius 1 is 1.12 bits per heavy atom. The van der Waals surface area contributed by atoms with Crippen LogP contribution >= 0.6 is 0 Å². The molecule has 3 heteroatoms. The molecule has 0 N–H and O–H groups in total. The Morgan fingerprint density at radius 2 is 1.79 bits per heavy atom. The zero-order valence-corrected chi connectivity index (χ0v) is 15.7. The molecule has 130 valence electrons. The molecule has 0 atom stereocenters. The number of aryl methyl sites for hydroxylation is 2. The normalized spacial score (nSPS) is 15.5. The third-order valence-electron chi connectivity index (χ3n) is 4.39. The van der Waals surface area contributed by atoms with E-state index in [0.717, 1.165) is 43.7 Å². The molecule has 0 aromatic heterocycles. The van der Waals surface area contributed by atoms with E-state index in [1.807, 2.05) is 30.9 Å². The highest BCUT2D eigenvalue weighted by Crippen LogP contribution is 2.23. The van der Waals surface area contributed by atoms with Crippen molar-refractivity contribution in [3.8, 4) is 0 Å². The first-order chi connectivity index (χ1) is 11.4. The lowest BCUT2D eigenvalue weighted by atomic mass is 10.1. The second-order valence-corrected chi connectivity index (χ2v) is 6.86. The van der Waals surface area contributed by atoms with Gasteiger partial charge in [-0.3, -0.25) is 4.79 Å². The first kappa shape index (κ1) is 18.3. The average molecular weight is 326 g/mol. The number of nitrogens with zero attached hydrogens (tertiary/aromatic N) is 2. The zero-order valence-electron chi connectivity index (χ0n) is 15.7. The molecule has 2 rings (SSSR count). The van der Waals surface area contributed by atoms with Gasteiger partial charge in [-0.25, -0.2) is 0 Å². The van der Waals surface area contributed by atoms with Crippen LogP contribution in [0.1, 0.15) is 38.3 Å². The Kier molecular flexibility index (Phi) is 6.24. The number of hydrogen-bond acceptors (Lipinski definition) is 2. The van der Waals surface area contributed by atoms with Crippen molar-refractivity contribution in [2.24, 2.45) is 0 Å². The second kappa shape index (κ2) is 8.18. The van der Waals surface area contributed by atoms with Gasteiger partial charge in [0, 0.05) is 37.4 Å². The quantitative estimate of drug-likeness (QED) is 0.610. The van der Waals surface area contributed by atoms with Gasteiger partial charge in [0.1, 0.15) is 0 Å². The minimum atomic E-state index is 0.165. The molecule has 0 saturated carbocycles. The monoisotopic (exact) mass is 326 g/mol. The number of hydrogen-bond donors (Lipinski definition) is 0. The summed E-state index contributed by atoms with van der Waals surface area (Å²) in [6, 6.07) is 6.58. The SMILES string of the molecule is CC/C=C(\C=C(C)C)C(=O)N1CCN(c2cc(C)ccc2C)CC1. The van der Waals surface area contributed by atoms with Crippen LogP contribution in [0.3, 0.4) is 0 Å². The molecule has 1 saturated heterocycles. The van der Waals surface area contributed by atoms with Crippen LogP contribution in [0.15, 0.2) is 41.5 Å². The van der Waals surface area contributed by atoms with Crippen molar-refractivity contribution in [2.45, 2.75) is 41.0 Å².